The third-order valence-corrected chi connectivity index (χ3v) is 4.42. The molecule has 1 aliphatic heterocycles. The van der Waals surface area contributed by atoms with E-state index in [0.717, 1.165) is 15.6 Å². The molecule has 1 amide bonds. The van der Waals surface area contributed by atoms with Crippen LogP contribution in [0.3, 0.4) is 0 Å². The topological polar surface area (TPSA) is 62.5 Å². The minimum atomic E-state index is -0.976. The number of carbonyl (C=O) groups is 2. The fourth-order valence-corrected chi connectivity index (χ4v) is 3.36. The lowest BCUT2D eigenvalue weighted by atomic mass is 9.93. The van der Waals surface area contributed by atoms with Gasteiger partial charge < -0.3 is 14.6 Å². The first-order valence-electron chi connectivity index (χ1n) is 6.90. The maximum atomic E-state index is 12.8. The van der Waals surface area contributed by atoms with Crippen LogP contribution in [-0.4, -0.2) is 32.5 Å². The van der Waals surface area contributed by atoms with Gasteiger partial charge in [-0.1, -0.05) is 24.3 Å². The minimum Gasteiger partial charge on any atom is -0.480 e. The number of carboxylic acid groups (broad SMARTS) is 1. The smallest absolute Gasteiger partial charge is 0.326 e. The summed E-state index contributed by atoms with van der Waals surface area (Å²) in [4.78, 5) is 25.8. The van der Waals surface area contributed by atoms with E-state index in [9.17, 15) is 14.7 Å². The van der Waals surface area contributed by atoms with Crippen molar-refractivity contribution in [3.63, 3.8) is 0 Å². The van der Waals surface area contributed by atoms with E-state index < -0.39 is 12.0 Å². The number of aliphatic carboxylic acids is 1. The van der Waals surface area contributed by atoms with Crippen LogP contribution in [0, 0.1) is 0 Å². The Morgan fingerprint density at radius 3 is 2.55 bits per heavy atom. The van der Waals surface area contributed by atoms with Gasteiger partial charge in [-0.05, 0) is 33.1 Å². The Kier molecular flexibility index (Phi) is 3.78. The highest BCUT2D eigenvalue weighted by molar-refractivity contribution is 9.10. The fraction of sp³-hybridized carbons (Fsp3) is 0.250. The van der Waals surface area contributed by atoms with Gasteiger partial charge in [-0.15, -0.1) is 0 Å². The van der Waals surface area contributed by atoms with Gasteiger partial charge in [0.2, 0.25) is 0 Å². The van der Waals surface area contributed by atoms with E-state index in [1.54, 1.807) is 23.9 Å². The maximum Gasteiger partial charge on any atom is 0.326 e. The number of aromatic nitrogens is 1. The number of benzene rings is 1. The Morgan fingerprint density at radius 1 is 1.27 bits per heavy atom. The molecule has 114 valence electrons. The van der Waals surface area contributed by atoms with Gasteiger partial charge in [0.1, 0.15) is 11.7 Å². The molecule has 1 aliphatic rings. The summed E-state index contributed by atoms with van der Waals surface area (Å²) in [5.41, 5.74) is 2.46. The highest BCUT2D eigenvalue weighted by Gasteiger charge is 2.35. The van der Waals surface area contributed by atoms with Crippen LogP contribution in [-0.2, 0) is 24.8 Å². The van der Waals surface area contributed by atoms with E-state index in [1.165, 1.54) is 4.90 Å². The first kappa shape index (κ1) is 14.8. The van der Waals surface area contributed by atoms with Crippen LogP contribution in [0.1, 0.15) is 21.6 Å². The molecule has 1 N–H and O–H groups in total. The summed E-state index contributed by atoms with van der Waals surface area (Å²) in [6.07, 6.45) is 2.11. The molecule has 0 saturated carbocycles. The monoisotopic (exact) mass is 362 g/mol. The summed E-state index contributed by atoms with van der Waals surface area (Å²) in [6.45, 7) is 0.314. The molecule has 0 saturated heterocycles. The van der Waals surface area contributed by atoms with Crippen LogP contribution in [0.15, 0.2) is 41.0 Å². The number of nitrogens with zero attached hydrogens (tertiary/aromatic N) is 2. The van der Waals surface area contributed by atoms with Gasteiger partial charge in [0.05, 0.1) is 0 Å². The number of fused-ring (bicyclic) bond motifs is 1. The van der Waals surface area contributed by atoms with Gasteiger partial charge >= 0.3 is 5.97 Å². The second-order valence-corrected chi connectivity index (χ2v) is 6.33. The van der Waals surface area contributed by atoms with Crippen molar-refractivity contribution in [1.29, 1.82) is 0 Å². The predicted molar refractivity (Wildman–Crippen MR) is 84.6 cm³/mol. The zero-order valence-electron chi connectivity index (χ0n) is 12.0. The van der Waals surface area contributed by atoms with E-state index in [1.807, 2.05) is 24.3 Å². The SMILES string of the molecule is Cn1cc(Br)cc1C(=O)N1Cc2ccccc2CC1C(=O)O. The van der Waals surface area contributed by atoms with Gasteiger partial charge in [-0.2, -0.15) is 0 Å². The number of hydrogen-bond acceptors (Lipinski definition) is 2. The molecule has 0 bridgehead atoms. The molecule has 1 unspecified atom stereocenters. The molecule has 1 aromatic heterocycles. The molecule has 0 radical (unpaired) electrons. The van der Waals surface area contributed by atoms with Crippen LogP contribution in [0.5, 0.6) is 0 Å². The largest absolute Gasteiger partial charge is 0.480 e. The highest BCUT2D eigenvalue weighted by Crippen LogP contribution is 2.26. The van der Waals surface area contributed by atoms with Gasteiger partial charge in [0.25, 0.3) is 5.91 Å². The van der Waals surface area contributed by atoms with Crippen LogP contribution in [0.4, 0.5) is 0 Å². The van der Waals surface area contributed by atoms with Crippen molar-refractivity contribution < 1.29 is 14.7 Å². The average molecular weight is 363 g/mol. The summed E-state index contributed by atoms with van der Waals surface area (Å²) in [5.74, 6) is -1.24. The quantitative estimate of drug-likeness (QED) is 0.892. The number of rotatable bonds is 2. The zero-order chi connectivity index (χ0) is 15.9. The van der Waals surface area contributed by atoms with Crippen molar-refractivity contribution in [2.45, 2.75) is 19.0 Å². The Bertz CT molecular complexity index is 754. The molecule has 22 heavy (non-hydrogen) atoms. The Labute approximate surface area is 136 Å². The highest BCUT2D eigenvalue weighted by atomic mass is 79.9. The van der Waals surface area contributed by atoms with Gasteiger partial charge in [-0.3, -0.25) is 4.79 Å². The molecule has 2 aromatic rings. The lowest BCUT2D eigenvalue weighted by molar-refractivity contribution is -0.142. The fourth-order valence-electron chi connectivity index (χ4n) is 2.84. The van der Waals surface area contributed by atoms with Crippen LogP contribution in [0.2, 0.25) is 0 Å². The Morgan fingerprint density at radius 2 is 1.95 bits per heavy atom. The molecule has 6 heteroatoms. The number of hydrogen-bond donors (Lipinski definition) is 1. The molecule has 0 spiro atoms. The second kappa shape index (κ2) is 5.61. The van der Waals surface area contributed by atoms with Gasteiger partial charge in [0.15, 0.2) is 0 Å². The summed E-state index contributed by atoms with van der Waals surface area (Å²) in [5, 5.41) is 9.49. The minimum absolute atomic E-state index is 0.268. The maximum absolute atomic E-state index is 12.8. The third kappa shape index (κ3) is 2.54. The van der Waals surface area contributed by atoms with Crippen LogP contribution < -0.4 is 0 Å². The second-order valence-electron chi connectivity index (χ2n) is 5.41. The Balaban J connectivity index is 1.99. The van der Waals surface area contributed by atoms with E-state index in [-0.39, 0.29) is 5.91 Å². The van der Waals surface area contributed by atoms with E-state index in [2.05, 4.69) is 15.9 Å². The van der Waals surface area contributed by atoms with Gasteiger partial charge in [-0.25, -0.2) is 4.79 Å². The van der Waals surface area contributed by atoms with Crippen molar-refractivity contribution in [2.75, 3.05) is 0 Å². The number of amides is 1. The van der Waals surface area contributed by atoms with E-state index >= 15 is 0 Å². The molecule has 2 heterocycles. The molecular weight excluding hydrogens is 348 g/mol. The van der Waals surface area contributed by atoms with Crippen molar-refractivity contribution in [1.82, 2.24) is 9.47 Å². The first-order chi connectivity index (χ1) is 10.5. The van der Waals surface area contributed by atoms with Crippen molar-refractivity contribution in [2.24, 2.45) is 7.05 Å². The molecule has 3 rings (SSSR count). The van der Waals surface area contributed by atoms with E-state index in [4.69, 9.17) is 0 Å². The van der Waals surface area contributed by atoms with Crippen LogP contribution in [0.25, 0.3) is 0 Å². The summed E-state index contributed by atoms with van der Waals surface area (Å²) in [6, 6.07) is 8.53. The molecule has 0 fully saturated rings. The van der Waals surface area contributed by atoms with E-state index in [0.29, 0.717) is 18.7 Å². The molecule has 1 aromatic carbocycles. The number of carboxylic acids is 1. The number of carbonyl (C=O) groups excluding carboxylic acids is 1. The predicted octanol–water partition coefficient (Wildman–Crippen LogP) is 2.44. The van der Waals surface area contributed by atoms with Crippen LogP contribution >= 0.6 is 15.9 Å². The summed E-state index contributed by atoms with van der Waals surface area (Å²) >= 11 is 3.34. The van der Waals surface area contributed by atoms with Crippen molar-refractivity contribution >= 4 is 27.8 Å². The molecular formula is C16H15BrN2O3. The average Bonchev–Trinajstić information content (AvgIpc) is 2.83. The van der Waals surface area contributed by atoms with Crippen molar-refractivity contribution in [3.05, 3.63) is 57.8 Å². The number of aryl methyl sites for hydroxylation is 1. The third-order valence-electron chi connectivity index (χ3n) is 3.99. The normalized spacial score (nSPS) is 17.2. The molecule has 0 aliphatic carbocycles. The lowest BCUT2D eigenvalue weighted by Gasteiger charge is -2.34. The lowest BCUT2D eigenvalue weighted by Crippen LogP contribution is -2.49. The molecule has 1 atom stereocenters. The Hall–Kier alpha value is -2.08. The summed E-state index contributed by atoms with van der Waals surface area (Å²) < 4.78 is 2.49. The standard InChI is InChI=1S/C16H15BrN2O3/c1-18-9-12(17)7-13(18)15(20)19-8-11-5-3-2-4-10(11)6-14(19)16(21)22/h2-5,7,9,14H,6,8H2,1H3,(H,21,22). The number of halogens is 1. The zero-order valence-corrected chi connectivity index (χ0v) is 13.6. The van der Waals surface area contributed by atoms with Gasteiger partial charge in [0, 0.05) is 30.7 Å². The van der Waals surface area contributed by atoms with Crippen molar-refractivity contribution in [3.8, 4) is 0 Å². The molecule has 5 nitrogen and oxygen atoms in total. The first-order valence-corrected chi connectivity index (χ1v) is 7.69. The summed E-state index contributed by atoms with van der Waals surface area (Å²) in [7, 11) is 1.77.